The lowest BCUT2D eigenvalue weighted by Crippen LogP contribution is -2.30. The van der Waals surface area contributed by atoms with Crippen molar-refractivity contribution < 1.29 is 0 Å². The summed E-state index contributed by atoms with van der Waals surface area (Å²) in [4.78, 5) is 1.58. The summed E-state index contributed by atoms with van der Waals surface area (Å²) in [6, 6.07) is 1.26. The highest BCUT2D eigenvalue weighted by Gasteiger charge is 2.16. The maximum atomic E-state index is 2.50. The Labute approximate surface area is 93.1 Å². The van der Waals surface area contributed by atoms with Crippen molar-refractivity contribution in [3.63, 3.8) is 0 Å². The van der Waals surface area contributed by atoms with Crippen LogP contribution in [0.4, 0.5) is 0 Å². The van der Waals surface area contributed by atoms with Gasteiger partial charge in [0.05, 0.1) is 0 Å². The minimum Gasteiger partial charge on any atom is -0.242 e. The van der Waals surface area contributed by atoms with Crippen molar-refractivity contribution in [1.82, 2.24) is 4.31 Å². The monoisotopic (exact) mass is 213 g/mol. The van der Waals surface area contributed by atoms with E-state index in [9.17, 15) is 0 Å². The topological polar surface area (TPSA) is 3.24 Å². The Morgan fingerprint density at radius 2 is 1.79 bits per heavy atom. The lowest BCUT2D eigenvalue weighted by atomic mass is 10.1. The molecule has 0 aliphatic heterocycles. The molecule has 1 aliphatic rings. The van der Waals surface area contributed by atoms with Crippen LogP contribution in [0, 0.1) is 0 Å². The second-order valence-electron chi connectivity index (χ2n) is 4.55. The number of hydrogen-bond donors (Lipinski definition) is 0. The van der Waals surface area contributed by atoms with E-state index in [-0.39, 0.29) is 0 Å². The van der Waals surface area contributed by atoms with Crippen LogP contribution in [0.25, 0.3) is 0 Å². The molecular formula is C12H23NS. The Morgan fingerprint density at radius 3 is 2.21 bits per heavy atom. The molecule has 1 aliphatic carbocycles. The van der Waals surface area contributed by atoms with Gasteiger partial charge in [-0.25, -0.2) is 4.31 Å². The highest BCUT2D eigenvalue weighted by molar-refractivity contribution is 8.00. The molecule has 1 nitrogen and oxygen atoms in total. The Hall–Kier alpha value is 0.0500. The second kappa shape index (κ2) is 5.82. The minimum atomic E-state index is 0.628. The zero-order chi connectivity index (χ0) is 10.6. The van der Waals surface area contributed by atoms with Crippen molar-refractivity contribution in [2.45, 2.75) is 65.5 Å². The SMILES string of the molecule is CC(C)N(SC1=CCCCC1)C(C)C. The largest absolute Gasteiger partial charge is 0.242 e. The van der Waals surface area contributed by atoms with E-state index in [0.717, 1.165) is 0 Å². The van der Waals surface area contributed by atoms with Gasteiger partial charge in [0.15, 0.2) is 0 Å². The minimum absolute atomic E-state index is 0.628. The van der Waals surface area contributed by atoms with Crippen molar-refractivity contribution in [2.24, 2.45) is 0 Å². The molecule has 14 heavy (non-hydrogen) atoms. The van der Waals surface area contributed by atoms with Crippen LogP contribution in [0.15, 0.2) is 11.0 Å². The van der Waals surface area contributed by atoms with E-state index in [1.165, 1.54) is 25.7 Å². The van der Waals surface area contributed by atoms with Crippen LogP contribution < -0.4 is 0 Å². The zero-order valence-corrected chi connectivity index (χ0v) is 10.7. The van der Waals surface area contributed by atoms with E-state index in [1.807, 2.05) is 11.9 Å². The Morgan fingerprint density at radius 1 is 1.14 bits per heavy atom. The maximum absolute atomic E-state index is 2.50. The highest BCUT2D eigenvalue weighted by atomic mass is 32.2. The van der Waals surface area contributed by atoms with Crippen LogP contribution in [-0.2, 0) is 0 Å². The summed E-state index contributed by atoms with van der Waals surface area (Å²) in [5.74, 6) is 0. The van der Waals surface area contributed by atoms with Gasteiger partial charge >= 0.3 is 0 Å². The molecular weight excluding hydrogens is 190 g/mol. The molecule has 1 rings (SSSR count). The fourth-order valence-corrected chi connectivity index (χ4v) is 2.95. The molecule has 0 fully saturated rings. The quantitative estimate of drug-likeness (QED) is 0.644. The maximum Gasteiger partial charge on any atom is 0.0152 e. The van der Waals surface area contributed by atoms with Crippen molar-refractivity contribution in [3.8, 4) is 0 Å². The summed E-state index contributed by atoms with van der Waals surface area (Å²) in [7, 11) is 0. The molecule has 0 unspecified atom stereocenters. The fourth-order valence-electron chi connectivity index (χ4n) is 1.83. The Bertz CT molecular complexity index is 188. The third-order valence-corrected chi connectivity index (χ3v) is 4.15. The molecule has 0 aromatic rings. The van der Waals surface area contributed by atoms with E-state index in [0.29, 0.717) is 12.1 Å². The summed E-state index contributed by atoms with van der Waals surface area (Å²) in [6.07, 6.45) is 7.76. The number of rotatable bonds is 4. The van der Waals surface area contributed by atoms with Crippen molar-refractivity contribution in [2.75, 3.05) is 0 Å². The van der Waals surface area contributed by atoms with Gasteiger partial charge in [0, 0.05) is 12.1 Å². The molecule has 0 spiro atoms. The van der Waals surface area contributed by atoms with Gasteiger partial charge in [-0.2, -0.15) is 0 Å². The number of hydrogen-bond acceptors (Lipinski definition) is 2. The molecule has 0 heterocycles. The van der Waals surface area contributed by atoms with Gasteiger partial charge in [-0.15, -0.1) is 0 Å². The summed E-state index contributed by atoms with van der Waals surface area (Å²) in [6.45, 7) is 9.10. The lowest BCUT2D eigenvalue weighted by Gasteiger charge is -2.30. The summed E-state index contributed by atoms with van der Waals surface area (Å²) < 4.78 is 2.50. The van der Waals surface area contributed by atoms with E-state index in [4.69, 9.17) is 0 Å². The van der Waals surface area contributed by atoms with Gasteiger partial charge in [-0.05, 0) is 70.2 Å². The van der Waals surface area contributed by atoms with E-state index < -0.39 is 0 Å². The normalized spacial score (nSPS) is 18.1. The van der Waals surface area contributed by atoms with Crippen molar-refractivity contribution in [1.29, 1.82) is 0 Å². The second-order valence-corrected chi connectivity index (χ2v) is 5.68. The van der Waals surface area contributed by atoms with Gasteiger partial charge in [0.25, 0.3) is 0 Å². The molecule has 0 aromatic heterocycles. The molecule has 0 atom stereocenters. The Kier molecular flexibility index (Phi) is 5.04. The van der Waals surface area contributed by atoms with Gasteiger partial charge in [0.2, 0.25) is 0 Å². The van der Waals surface area contributed by atoms with Gasteiger partial charge in [-0.1, -0.05) is 6.08 Å². The molecule has 0 N–H and O–H groups in total. The van der Waals surface area contributed by atoms with Crippen LogP contribution in [0.1, 0.15) is 53.4 Å². The first-order valence-corrected chi connectivity index (χ1v) is 6.54. The average molecular weight is 213 g/mol. The molecule has 0 bridgehead atoms. The molecule has 82 valence electrons. The van der Waals surface area contributed by atoms with Crippen LogP contribution in [0.5, 0.6) is 0 Å². The molecule has 0 saturated heterocycles. The molecule has 0 saturated carbocycles. The van der Waals surface area contributed by atoms with Gasteiger partial charge in [-0.3, -0.25) is 0 Å². The third-order valence-electron chi connectivity index (χ3n) is 2.49. The average Bonchev–Trinajstić information content (AvgIpc) is 2.15. The Balaban J connectivity index is 2.50. The fraction of sp³-hybridized carbons (Fsp3) is 0.833. The van der Waals surface area contributed by atoms with Crippen molar-refractivity contribution >= 4 is 11.9 Å². The summed E-state index contributed by atoms with van der Waals surface area (Å²) in [5.41, 5.74) is 0. The standard InChI is InChI=1S/C12H23NS/c1-10(2)13(11(3)4)14-12-8-6-5-7-9-12/h8,10-11H,5-7,9H2,1-4H3. The predicted octanol–water partition coefficient (Wildman–Crippen LogP) is 4.21. The third kappa shape index (κ3) is 3.66. The van der Waals surface area contributed by atoms with E-state index in [1.54, 1.807) is 4.91 Å². The molecule has 0 aromatic carbocycles. The van der Waals surface area contributed by atoms with Crippen LogP contribution in [0.3, 0.4) is 0 Å². The first-order valence-electron chi connectivity index (χ1n) is 5.76. The first kappa shape index (κ1) is 12.1. The molecule has 0 radical (unpaired) electrons. The zero-order valence-electron chi connectivity index (χ0n) is 9.92. The number of nitrogens with zero attached hydrogens (tertiary/aromatic N) is 1. The van der Waals surface area contributed by atoms with Crippen LogP contribution in [0.2, 0.25) is 0 Å². The van der Waals surface area contributed by atoms with E-state index >= 15 is 0 Å². The van der Waals surface area contributed by atoms with Crippen LogP contribution in [-0.4, -0.2) is 16.4 Å². The molecule has 2 heteroatoms. The van der Waals surface area contributed by atoms with Gasteiger partial charge < -0.3 is 0 Å². The summed E-state index contributed by atoms with van der Waals surface area (Å²) >= 11 is 1.98. The lowest BCUT2D eigenvalue weighted by molar-refractivity contribution is 0.336. The van der Waals surface area contributed by atoms with Crippen molar-refractivity contribution in [3.05, 3.63) is 11.0 Å². The van der Waals surface area contributed by atoms with Gasteiger partial charge in [0.1, 0.15) is 0 Å². The first-order chi connectivity index (χ1) is 6.61. The predicted molar refractivity (Wildman–Crippen MR) is 66.3 cm³/mol. The summed E-state index contributed by atoms with van der Waals surface area (Å²) in [5, 5.41) is 0. The highest BCUT2D eigenvalue weighted by Crippen LogP contribution is 2.32. The number of allylic oxidation sites excluding steroid dienone is 2. The molecule has 0 amide bonds. The van der Waals surface area contributed by atoms with Crippen LogP contribution >= 0.6 is 11.9 Å². The smallest absolute Gasteiger partial charge is 0.0152 e. The van der Waals surface area contributed by atoms with E-state index in [2.05, 4.69) is 38.1 Å².